The number of carbonyl (C=O) groups is 1. The lowest BCUT2D eigenvalue weighted by molar-refractivity contribution is -0.122. The van der Waals surface area contributed by atoms with Gasteiger partial charge < -0.3 is 11.1 Å². The Morgan fingerprint density at radius 2 is 1.94 bits per heavy atom. The number of nitrogens with two attached hydrogens (primary N) is 1. The first-order chi connectivity index (χ1) is 7.81. The average Bonchev–Trinajstić information content (AvgIpc) is 2.11. The van der Waals surface area contributed by atoms with Crippen molar-refractivity contribution in [2.24, 2.45) is 11.7 Å². The summed E-state index contributed by atoms with van der Waals surface area (Å²) in [6, 6.07) is 0.180. The van der Waals surface area contributed by atoms with Gasteiger partial charge in [0.15, 0.2) is 0 Å². The highest BCUT2D eigenvalue weighted by atomic mass is 32.1. The molecule has 0 aliphatic rings. The highest BCUT2D eigenvalue weighted by molar-refractivity contribution is 7.80. The Morgan fingerprint density at radius 1 is 1.35 bits per heavy atom. The maximum absolute atomic E-state index is 11.7. The summed E-state index contributed by atoms with van der Waals surface area (Å²) in [6.45, 7) is 10.2. The lowest BCUT2D eigenvalue weighted by Gasteiger charge is -2.24. The Labute approximate surface area is 110 Å². The average molecular weight is 259 g/mol. The summed E-state index contributed by atoms with van der Waals surface area (Å²) < 4.78 is 0. The van der Waals surface area contributed by atoms with Crippen LogP contribution in [0.2, 0.25) is 0 Å². The summed E-state index contributed by atoms with van der Waals surface area (Å²) in [5.74, 6) is 0.580. The van der Waals surface area contributed by atoms with Crippen LogP contribution in [-0.4, -0.2) is 41.5 Å². The standard InChI is InChI=1S/C12H25N3OS/c1-9(2)7-15(6-5-11(13)17)8-12(16)14-10(3)4/h9-10H,5-8H2,1-4H3,(H2,13,17)(H,14,16). The van der Waals surface area contributed by atoms with E-state index >= 15 is 0 Å². The van der Waals surface area contributed by atoms with Crippen LogP contribution in [0.4, 0.5) is 0 Å². The Morgan fingerprint density at radius 3 is 2.35 bits per heavy atom. The van der Waals surface area contributed by atoms with Crippen molar-refractivity contribution in [1.82, 2.24) is 10.2 Å². The first-order valence-electron chi connectivity index (χ1n) is 6.11. The topological polar surface area (TPSA) is 58.4 Å². The molecule has 4 nitrogen and oxygen atoms in total. The van der Waals surface area contributed by atoms with Gasteiger partial charge in [-0.2, -0.15) is 0 Å². The van der Waals surface area contributed by atoms with E-state index in [1.54, 1.807) is 0 Å². The summed E-state index contributed by atoms with van der Waals surface area (Å²) in [6.07, 6.45) is 0.664. The minimum Gasteiger partial charge on any atom is -0.393 e. The number of hydrogen-bond acceptors (Lipinski definition) is 3. The maximum Gasteiger partial charge on any atom is 0.234 e. The number of nitrogens with one attached hydrogen (secondary N) is 1. The van der Waals surface area contributed by atoms with Gasteiger partial charge in [0.25, 0.3) is 0 Å². The molecule has 0 fully saturated rings. The fraction of sp³-hybridized carbons (Fsp3) is 0.833. The van der Waals surface area contributed by atoms with Gasteiger partial charge in [-0.15, -0.1) is 0 Å². The van der Waals surface area contributed by atoms with Gasteiger partial charge in [0.2, 0.25) is 5.91 Å². The van der Waals surface area contributed by atoms with Crippen LogP contribution < -0.4 is 11.1 Å². The molecule has 17 heavy (non-hydrogen) atoms. The molecular formula is C12H25N3OS. The van der Waals surface area contributed by atoms with Gasteiger partial charge in [-0.25, -0.2) is 0 Å². The smallest absolute Gasteiger partial charge is 0.234 e. The highest BCUT2D eigenvalue weighted by Crippen LogP contribution is 2.00. The molecule has 0 rings (SSSR count). The summed E-state index contributed by atoms with van der Waals surface area (Å²) in [7, 11) is 0. The number of nitrogens with zero attached hydrogens (tertiary/aromatic N) is 1. The quantitative estimate of drug-likeness (QED) is 0.642. The molecule has 0 aromatic heterocycles. The Bertz CT molecular complexity index is 254. The third-order valence-electron chi connectivity index (χ3n) is 2.11. The molecule has 5 heteroatoms. The first-order valence-corrected chi connectivity index (χ1v) is 6.52. The number of amides is 1. The van der Waals surface area contributed by atoms with E-state index in [2.05, 4.69) is 24.1 Å². The lowest BCUT2D eigenvalue weighted by atomic mass is 10.2. The van der Waals surface area contributed by atoms with Gasteiger partial charge in [0.05, 0.1) is 11.5 Å². The van der Waals surface area contributed by atoms with E-state index in [-0.39, 0.29) is 11.9 Å². The molecule has 3 N–H and O–H groups in total. The van der Waals surface area contributed by atoms with E-state index in [0.717, 1.165) is 13.1 Å². The fourth-order valence-corrected chi connectivity index (χ4v) is 1.68. The molecule has 0 aromatic rings. The summed E-state index contributed by atoms with van der Waals surface area (Å²) in [4.78, 5) is 14.3. The van der Waals surface area contributed by atoms with Crippen LogP contribution in [0.15, 0.2) is 0 Å². The first kappa shape index (κ1) is 16.3. The molecular weight excluding hydrogens is 234 g/mol. The van der Waals surface area contributed by atoms with Gasteiger partial charge in [-0.1, -0.05) is 26.1 Å². The summed E-state index contributed by atoms with van der Waals surface area (Å²) >= 11 is 4.86. The number of hydrogen-bond donors (Lipinski definition) is 2. The van der Waals surface area contributed by atoms with Gasteiger partial charge in [-0.05, 0) is 19.8 Å². The van der Waals surface area contributed by atoms with Crippen LogP contribution in [0, 0.1) is 5.92 Å². The van der Waals surface area contributed by atoms with E-state index in [1.807, 2.05) is 13.8 Å². The molecule has 0 unspecified atom stereocenters. The predicted molar refractivity (Wildman–Crippen MR) is 76.0 cm³/mol. The fourth-order valence-electron chi connectivity index (χ4n) is 1.59. The molecule has 0 saturated heterocycles. The van der Waals surface area contributed by atoms with Crippen molar-refractivity contribution in [3.63, 3.8) is 0 Å². The Balaban J connectivity index is 4.17. The molecule has 0 atom stereocenters. The van der Waals surface area contributed by atoms with E-state index < -0.39 is 0 Å². The Kier molecular flexibility index (Phi) is 8.08. The van der Waals surface area contributed by atoms with Crippen LogP contribution >= 0.6 is 12.2 Å². The summed E-state index contributed by atoms with van der Waals surface area (Å²) in [5.41, 5.74) is 5.49. The normalized spacial score (nSPS) is 11.2. The number of thiocarbonyl (C=S) groups is 1. The molecule has 0 spiro atoms. The maximum atomic E-state index is 11.7. The van der Waals surface area contributed by atoms with Crippen molar-refractivity contribution in [2.45, 2.75) is 40.2 Å². The molecule has 100 valence electrons. The van der Waals surface area contributed by atoms with E-state index in [0.29, 0.717) is 23.9 Å². The molecule has 0 aromatic carbocycles. The van der Waals surface area contributed by atoms with Crippen LogP contribution in [0.5, 0.6) is 0 Å². The largest absolute Gasteiger partial charge is 0.393 e. The minimum absolute atomic E-state index is 0.0589. The second-order valence-electron chi connectivity index (χ2n) is 5.07. The SMILES string of the molecule is CC(C)CN(CCC(N)=S)CC(=O)NC(C)C. The lowest BCUT2D eigenvalue weighted by Crippen LogP contribution is -2.42. The van der Waals surface area contributed by atoms with Crippen LogP contribution in [-0.2, 0) is 4.79 Å². The zero-order valence-corrected chi connectivity index (χ0v) is 12.1. The third-order valence-corrected chi connectivity index (χ3v) is 2.32. The predicted octanol–water partition coefficient (Wildman–Crippen LogP) is 1.15. The van der Waals surface area contributed by atoms with E-state index in [9.17, 15) is 4.79 Å². The zero-order chi connectivity index (χ0) is 13.4. The molecule has 0 saturated carbocycles. The molecule has 0 bridgehead atoms. The Hall–Kier alpha value is -0.680. The third kappa shape index (κ3) is 10.2. The van der Waals surface area contributed by atoms with Crippen LogP contribution in [0.1, 0.15) is 34.1 Å². The molecule has 0 radical (unpaired) electrons. The van der Waals surface area contributed by atoms with Gasteiger partial charge >= 0.3 is 0 Å². The van der Waals surface area contributed by atoms with E-state index in [4.69, 9.17) is 18.0 Å². The van der Waals surface area contributed by atoms with Crippen molar-refractivity contribution in [3.8, 4) is 0 Å². The monoisotopic (exact) mass is 259 g/mol. The number of rotatable bonds is 8. The highest BCUT2D eigenvalue weighted by Gasteiger charge is 2.12. The van der Waals surface area contributed by atoms with Crippen LogP contribution in [0.25, 0.3) is 0 Å². The van der Waals surface area contributed by atoms with Crippen molar-refractivity contribution >= 4 is 23.1 Å². The van der Waals surface area contributed by atoms with Crippen LogP contribution in [0.3, 0.4) is 0 Å². The van der Waals surface area contributed by atoms with Crippen molar-refractivity contribution in [1.29, 1.82) is 0 Å². The van der Waals surface area contributed by atoms with Gasteiger partial charge in [0, 0.05) is 25.6 Å². The minimum atomic E-state index is 0.0589. The molecule has 0 aliphatic carbocycles. The molecule has 0 heterocycles. The zero-order valence-electron chi connectivity index (χ0n) is 11.3. The van der Waals surface area contributed by atoms with Gasteiger partial charge in [0.1, 0.15) is 0 Å². The van der Waals surface area contributed by atoms with Crippen molar-refractivity contribution in [2.75, 3.05) is 19.6 Å². The number of carbonyl (C=O) groups excluding carboxylic acids is 1. The second-order valence-corrected chi connectivity index (χ2v) is 5.59. The van der Waals surface area contributed by atoms with Crippen molar-refractivity contribution < 1.29 is 4.79 Å². The van der Waals surface area contributed by atoms with Gasteiger partial charge in [-0.3, -0.25) is 9.69 Å². The summed E-state index contributed by atoms with van der Waals surface area (Å²) in [5, 5.41) is 2.89. The second kappa shape index (κ2) is 8.42. The van der Waals surface area contributed by atoms with Crippen molar-refractivity contribution in [3.05, 3.63) is 0 Å². The molecule has 0 aliphatic heterocycles. The van der Waals surface area contributed by atoms with E-state index in [1.165, 1.54) is 0 Å². The molecule has 1 amide bonds.